The van der Waals surface area contributed by atoms with Gasteiger partial charge in [-0.05, 0) is 53.2 Å². The molecule has 0 spiro atoms. The van der Waals surface area contributed by atoms with Crippen LogP contribution < -0.4 is 9.47 Å². The third-order valence-electron chi connectivity index (χ3n) is 3.88. The lowest BCUT2D eigenvalue weighted by molar-refractivity contribution is 0.102. The Morgan fingerprint density at radius 2 is 2.00 bits per heavy atom. The van der Waals surface area contributed by atoms with Crippen molar-refractivity contribution in [3.8, 4) is 17.2 Å². The molecule has 3 aromatic rings. The van der Waals surface area contributed by atoms with E-state index in [4.69, 9.17) is 9.47 Å². The van der Waals surface area contributed by atoms with E-state index >= 15 is 0 Å². The van der Waals surface area contributed by atoms with Crippen LogP contribution in [-0.4, -0.2) is 45.0 Å². The lowest BCUT2D eigenvalue weighted by atomic mass is 10.1. The summed E-state index contributed by atoms with van der Waals surface area (Å²) in [6.45, 7) is 3.02. The Hall–Kier alpha value is -2.87. The Kier molecular flexibility index (Phi) is 4.57. The van der Waals surface area contributed by atoms with E-state index < -0.39 is 0 Å². The topological polar surface area (TPSA) is 79.1 Å². The Labute approximate surface area is 154 Å². The van der Waals surface area contributed by atoms with E-state index in [2.05, 4.69) is 15.5 Å². The number of tetrazole rings is 1. The summed E-state index contributed by atoms with van der Waals surface area (Å²) in [6, 6.07) is 13.1. The number of ketones is 1. The Morgan fingerprint density at radius 3 is 2.85 bits per heavy atom. The molecule has 0 aliphatic carbocycles. The fourth-order valence-corrected chi connectivity index (χ4v) is 3.41. The molecule has 1 aliphatic rings. The van der Waals surface area contributed by atoms with Gasteiger partial charge in [0.1, 0.15) is 13.2 Å². The first-order chi connectivity index (χ1) is 12.7. The third-order valence-corrected chi connectivity index (χ3v) is 4.80. The van der Waals surface area contributed by atoms with Gasteiger partial charge >= 0.3 is 0 Å². The number of thioether (sulfide) groups is 1. The molecule has 1 aromatic heterocycles. The molecule has 8 heteroatoms. The van der Waals surface area contributed by atoms with Crippen LogP contribution in [0.2, 0.25) is 0 Å². The highest BCUT2D eigenvalue weighted by atomic mass is 32.2. The number of carbonyl (C=O) groups is 1. The molecule has 2 heterocycles. The molecule has 0 radical (unpaired) electrons. The van der Waals surface area contributed by atoms with Gasteiger partial charge in [-0.15, -0.1) is 5.10 Å². The summed E-state index contributed by atoms with van der Waals surface area (Å²) in [4.78, 5) is 12.5. The van der Waals surface area contributed by atoms with Crippen LogP contribution in [0.4, 0.5) is 0 Å². The smallest absolute Gasteiger partial charge is 0.214 e. The normalized spacial score (nSPS) is 12.8. The summed E-state index contributed by atoms with van der Waals surface area (Å²) in [5, 5.41) is 12.4. The SMILES string of the molecule is Cc1cccc(-n2nnnc2SCC(=O)c2ccc3c(c2)OCCO3)c1. The van der Waals surface area contributed by atoms with Gasteiger partial charge in [0, 0.05) is 5.56 Å². The number of nitrogens with zero attached hydrogens (tertiary/aromatic N) is 4. The average Bonchev–Trinajstić information content (AvgIpc) is 3.14. The van der Waals surface area contributed by atoms with E-state index in [1.807, 2.05) is 31.2 Å². The molecule has 7 nitrogen and oxygen atoms in total. The molecule has 0 bridgehead atoms. The molecule has 26 heavy (non-hydrogen) atoms. The average molecular weight is 368 g/mol. The van der Waals surface area contributed by atoms with Crippen molar-refractivity contribution in [1.29, 1.82) is 0 Å². The summed E-state index contributed by atoms with van der Waals surface area (Å²) in [5.74, 6) is 1.48. The third kappa shape index (κ3) is 3.41. The van der Waals surface area contributed by atoms with Crippen molar-refractivity contribution in [3.63, 3.8) is 0 Å². The number of ether oxygens (including phenoxy) is 2. The number of aromatic nitrogens is 4. The minimum absolute atomic E-state index is 0.0224. The molecule has 0 saturated heterocycles. The van der Waals surface area contributed by atoms with Crippen molar-refractivity contribution in [2.75, 3.05) is 19.0 Å². The molecule has 0 N–H and O–H groups in total. The van der Waals surface area contributed by atoms with Gasteiger partial charge in [-0.2, -0.15) is 4.68 Å². The van der Waals surface area contributed by atoms with Gasteiger partial charge in [-0.3, -0.25) is 4.79 Å². The molecule has 132 valence electrons. The lowest BCUT2D eigenvalue weighted by Gasteiger charge is -2.18. The van der Waals surface area contributed by atoms with E-state index in [-0.39, 0.29) is 11.5 Å². The molecular formula is C18H16N4O3S. The molecule has 0 amide bonds. The Bertz CT molecular complexity index is 957. The zero-order chi connectivity index (χ0) is 17.9. The van der Waals surface area contributed by atoms with Crippen molar-refractivity contribution in [3.05, 3.63) is 53.6 Å². The van der Waals surface area contributed by atoms with Gasteiger partial charge in [-0.25, -0.2) is 0 Å². The second kappa shape index (κ2) is 7.17. The highest BCUT2D eigenvalue weighted by Crippen LogP contribution is 2.31. The van der Waals surface area contributed by atoms with E-state index in [1.54, 1.807) is 22.9 Å². The first-order valence-electron chi connectivity index (χ1n) is 8.12. The number of carbonyl (C=O) groups excluding carboxylic acids is 1. The molecular weight excluding hydrogens is 352 g/mol. The van der Waals surface area contributed by atoms with Crippen LogP contribution in [0.5, 0.6) is 11.5 Å². The summed E-state index contributed by atoms with van der Waals surface area (Å²) in [5.41, 5.74) is 2.56. The van der Waals surface area contributed by atoms with Crippen LogP contribution in [0.3, 0.4) is 0 Å². The second-order valence-corrected chi connectivity index (χ2v) is 6.73. The molecule has 0 unspecified atom stereocenters. The lowest BCUT2D eigenvalue weighted by Crippen LogP contribution is -2.16. The van der Waals surface area contributed by atoms with Crippen molar-refractivity contribution in [2.24, 2.45) is 0 Å². The summed E-state index contributed by atoms with van der Waals surface area (Å²) in [6.07, 6.45) is 0. The molecule has 2 aromatic carbocycles. The molecule has 1 aliphatic heterocycles. The van der Waals surface area contributed by atoms with Gasteiger partial charge in [0.05, 0.1) is 11.4 Å². The Balaban J connectivity index is 1.48. The monoisotopic (exact) mass is 368 g/mol. The van der Waals surface area contributed by atoms with E-state index in [9.17, 15) is 4.79 Å². The van der Waals surface area contributed by atoms with Crippen LogP contribution in [0.1, 0.15) is 15.9 Å². The van der Waals surface area contributed by atoms with Gasteiger partial charge in [0.2, 0.25) is 5.16 Å². The van der Waals surface area contributed by atoms with Crippen molar-refractivity contribution < 1.29 is 14.3 Å². The van der Waals surface area contributed by atoms with Gasteiger partial charge in [0.15, 0.2) is 17.3 Å². The number of rotatable bonds is 5. The first kappa shape index (κ1) is 16.6. The molecule has 4 rings (SSSR count). The summed E-state index contributed by atoms with van der Waals surface area (Å²) >= 11 is 1.30. The number of fused-ring (bicyclic) bond motifs is 1. The van der Waals surface area contributed by atoms with Crippen LogP contribution in [0.25, 0.3) is 5.69 Å². The van der Waals surface area contributed by atoms with Gasteiger partial charge in [0.25, 0.3) is 0 Å². The minimum Gasteiger partial charge on any atom is -0.486 e. The maximum absolute atomic E-state index is 12.5. The maximum atomic E-state index is 12.5. The number of benzene rings is 2. The van der Waals surface area contributed by atoms with E-state index in [1.165, 1.54) is 11.8 Å². The summed E-state index contributed by atoms with van der Waals surface area (Å²) < 4.78 is 12.6. The Morgan fingerprint density at radius 1 is 1.15 bits per heavy atom. The molecule has 0 saturated carbocycles. The minimum atomic E-state index is -0.0224. The van der Waals surface area contributed by atoms with Crippen LogP contribution in [0, 0.1) is 6.92 Å². The highest BCUT2D eigenvalue weighted by molar-refractivity contribution is 7.99. The predicted octanol–water partition coefficient (Wildman–Crippen LogP) is 2.72. The highest BCUT2D eigenvalue weighted by Gasteiger charge is 2.17. The first-order valence-corrected chi connectivity index (χ1v) is 9.10. The van der Waals surface area contributed by atoms with Crippen LogP contribution in [-0.2, 0) is 0 Å². The van der Waals surface area contributed by atoms with Crippen molar-refractivity contribution in [1.82, 2.24) is 20.2 Å². The number of Topliss-reactive ketones (excluding diaryl/α,β-unsaturated/α-hetero) is 1. The maximum Gasteiger partial charge on any atom is 0.214 e. The largest absolute Gasteiger partial charge is 0.486 e. The van der Waals surface area contributed by atoms with Crippen LogP contribution in [0.15, 0.2) is 47.6 Å². The number of hydrogen-bond acceptors (Lipinski definition) is 7. The quantitative estimate of drug-likeness (QED) is 0.506. The number of hydrogen-bond donors (Lipinski definition) is 0. The van der Waals surface area contributed by atoms with Gasteiger partial charge in [-0.1, -0.05) is 23.9 Å². The zero-order valence-corrected chi connectivity index (χ0v) is 14.9. The fourth-order valence-electron chi connectivity index (χ4n) is 2.62. The van der Waals surface area contributed by atoms with Crippen molar-refractivity contribution >= 4 is 17.5 Å². The molecule has 0 atom stereocenters. The fraction of sp³-hybridized carbons (Fsp3) is 0.222. The summed E-state index contributed by atoms with van der Waals surface area (Å²) in [7, 11) is 0. The van der Waals surface area contributed by atoms with Crippen molar-refractivity contribution in [2.45, 2.75) is 12.1 Å². The number of aryl methyl sites for hydroxylation is 1. The van der Waals surface area contributed by atoms with Crippen LogP contribution >= 0.6 is 11.8 Å². The van der Waals surface area contributed by atoms with Gasteiger partial charge < -0.3 is 9.47 Å². The molecule has 0 fully saturated rings. The van der Waals surface area contributed by atoms with E-state index in [0.717, 1.165) is 11.3 Å². The predicted molar refractivity (Wildman–Crippen MR) is 96.4 cm³/mol. The van der Waals surface area contributed by atoms with E-state index in [0.29, 0.717) is 35.4 Å². The zero-order valence-electron chi connectivity index (χ0n) is 14.1. The standard InChI is InChI=1S/C18H16N4O3S/c1-12-3-2-4-14(9-12)22-18(19-20-21-22)26-11-15(23)13-5-6-16-17(10-13)25-8-7-24-16/h2-6,9-10H,7-8,11H2,1H3. The second-order valence-electron chi connectivity index (χ2n) is 5.78.